The molecule has 1 fully saturated rings. The van der Waals surface area contributed by atoms with Crippen molar-refractivity contribution >= 4 is 5.91 Å². The molecule has 1 saturated carbocycles. The highest BCUT2D eigenvalue weighted by molar-refractivity contribution is 5.83. The van der Waals surface area contributed by atoms with Crippen molar-refractivity contribution < 1.29 is 9.53 Å². The minimum Gasteiger partial charge on any atom is -0.489 e. The second-order valence-corrected chi connectivity index (χ2v) is 6.44. The molecule has 1 aliphatic carbocycles. The molecule has 4 heteroatoms. The zero-order valence-corrected chi connectivity index (χ0v) is 13.9. The Balaban J connectivity index is 1.51. The van der Waals surface area contributed by atoms with Crippen molar-refractivity contribution in [2.24, 2.45) is 11.7 Å². The van der Waals surface area contributed by atoms with Gasteiger partial charge in [0.15, 0.2) is 0 Å². The van der Waals surface area contributed by atoms with E-state index in [0.717, 1.165) is 17.7 Å². The van der Waals surface area contributed by atoms with Gasteiger partial charge in [0.05, 0.1) is 0 Å². The maximum atomic E-state index is 12.1. The number of amides is 1. The monoisotopic (exact) mass is 324 g/mol. The third-order valence-electron chi connectivity index (χ3n) is 4.43. The van der Waals surface area contributed by atoms with Gasteiger partial charge in [-0.05, 0) is 42.5 Å². The van der Waals surface area contributed by atoms with Gasteiger partial charge in [-0.1, -0.05) is 42.5 Å². The van der Waals surface area contributed by atoms with E-state index in [1.165, 1.54) is 5.56 Å². The first-order chi connectivity index (χ1) is 11.7. The largest absolute Gasteiger partial charge is 0.489 e. The number of rotatable bonds is 7. The van der Waals surface area contributed by atoms with E-state index >= 15 is 0 Å². The minimum absolute atomic E-state index is 0.0347. The van der Waals surface area contributed by atoms with Gasteiger partial charge in [0.2, 0.25) is 5.91 Å². The Bertz CT molecular complexity index is 670. The molecule has 0 aromatic heterocycles. The number of hydrogen-bond donors (Lipinski definition) is 2. The number of carbonyl (C=O) groups excluding carboxylic acids is 1. The first kappa shape index (κ1) is 16.5. The molecule has 1 amide bonds. The van der Waals surface area contributed by atoms with Crippen molar-refractivity contribution in [3.05, 3.63) is 65.7 Å². The molecule has 2 aromatic carbocycles. The fourth-order valence-electron chi connectivity index (χ4n) is 2.81. The predicted molar refractivity (Wildman–Crippen MR) is 94.7 cm³/mol. The average molecular weight is 324 g/mol. The molecule has 0 heterocycles. The first-order valence-electron chi connectivity index (χ1n) is 8.44. The molecule has 0 aliphatic heterocycles. The lowest BCUT2D eigenvalue weighted by molar-refractivity contribution is -0.122. The summed E-state index contributed by atoms with van der Waals surface area (Å²) in [6, 6.07) is 18.2. The van der Waals surface area contributed by atoms with Crippen LogP contribution in [-0.2, 0) is 11.4 Å². The molecule has 4 nitrogen and oxygen atoms in total. The van der Waals surface area contributed by atoms with E-state index in [-0.39, 0.29) is 17.9 Å². The van der Waals surface area contributed by atoms with Gasteiger partial charge in [0.25, 0.3) is 0 Å². The Morgan fingerprint density at radius 3 is 2.58 bits per heavy atom. The van der Waals surface area contributed by atoms with Crippen molar-refractivity contribution in [3.63, 3.8) is 0 Å². The number of nitrogens with two attached hydrogens (primary N) is 1. The molecule has 0 bridgehead atoms. The van der Waals surface area contributed by atoms with E-state index in [1.54, 1.807) is 0 Å². The third kappa shape index (κ3) is 4.15. The molecule has 2 aromatic rings. The van der Waals surface area contributed by atoms with Crippen LogP contribution in [0.1, 0.15) is 30.4 Å². The second kappa shape index (κ2) is 7.49. The van der Waals surface area contributed by atoms with Gasteiger partial charge in [-0.15, -0.1) is 0 Å². The molecular weight excluding hydrogens is 300 g/mol. The topological polar surface area (TPSA) is 64.3 Å². The Morgan fingerprint density at radius 1 is 1.21 bits per heavy atom. The van der Waals surface area contributed by atoms with Crippen LogP contribution < -0.4 is 15.8 Å². The van der Waals surface area contributed by atoms with E-state index in [9.17, 15) is 4.79 Å². The zero-order chi connectivity index (χ0) is 16.9. The van der Waals surface area contributed by atoms with Crippen molar-refractivity contribution in [3.8, 4) is 5.75 Å². The smallest absolute Gasteiger partial charge is 0.224 e. The highest BCUT2D eigenvalue weighted by Gasteiger charge is 2.44. The van der Waals surface area contributed by atoms with Gasteiger partial charge >= 0.3 is 0 Å². The van der Waals surface area contributed by atoms with Crippen molar-refractivity contribution in [2.75, 3.05) is 6.54 Å². The van der Waals surface area contributed by atoms with Crippen LogP contribution in [0.2, 0.25) is 0 Å². The first-order valence-corrected chi connectivity index (χ1v) is 8.44. The Labute approximate surface area is 143 Å². The highest BCUT2D eigenvalue weighted by atomic mass is 16.5. The fourth-order valence-corrected chi connectivity index (χ4v) is 2.81. The minimum atomic E-state index is 0.0347. The molecule has 3 rings (SSSR count). The molecule has 0 radical (unpaired) electrons. The molecule has 0 saturated heterocycles. The number of ether oxygens (including phenoxy) is 1. The Kier molecular flexibility index (Phi) is 5.16. The van der Waals surface area contributed by atoms with Crippen molar-refractivity contribution in [1.82, 2.24) is 5.32 Å². The van der Waals surface area contributed by atoms with Crippen LogP contribution >= 0.6 is 0 Å². The summed E-state index contributed by atoms with van der Waals surface area (Å²) in [5.74, 6) is 1.36. The van der Waals surface area contributed by atoms with Gasteiger partial charge in [0, 0.05) is 18.5 Å². The SMILES string of the molecule is C[C@@H](CN)NC(=O)C1CC1c1ccc(OCc2ccccc2)cc1. The van der Waals surface area contributed by atoms with Crippen LogP contribution in [0.25, 0.3) is 0 Å². The van der Waals surface area contributed by atoms with Gasteiger partial charge in [-0.2, -0.15) is 0 Å². The summed E-state index contributed by atoms with van der Waals surface area (Å²) in [5.41, 5.74) is 7.89. The van der Waals surface area contributed by atoms with E-state index in [1.807, 2.05) is 49.4 Å². The quantitative estimate of drug-likeness (QED) is 0.823. The standard InChI is InChI=1S/C20H24N2O2/c1-14(12-21)22-20(23)19-11-18(19)16-7-9-17(10-8-16)24-13-15-5-3-2-4-6-15/h2-10,14,18-19H,11-13,21H2,1H3,(H,22,23)/t14-,18?,19?/m0/s1. The van der Waals surface area contributed by atoms with Crippen LogP contribution in [0.5, 0.6) is 5.75 Å². The molecule has 0 spiro atoms. The van der Waals surface area contributed by atoms with E-state index in [4.69, 9.17) is 10.5 Å². The maximum absolute atomic E-state index is 12.1. The lowest BCUT2D eigenvalue weighted by Gasteiger charge is -2.11. The highest BCUT2D eigenvalue weighted by Crippen LogP contribution is 2.47. The Hall–Kier alpha value is -2.33. The normalized spacial score (nSPS) is 20.2. The summed E-state index contributed by atoms with van der Waals surface area (Å²) in [6.07, 6.45) is 0.910. The van der Waals surface area contributed by atoms with E-state index < -0.39 is 0 Å². The number of hydrogen-bond acceptors (Lipinski definition) is 3. The van der Waals surface area contributed by atoms with Gasteiger partial charge in [-0.3, -0.25) is 4.79 Å². The van der Waals surface area contributed by atoms with Crippen LogP contribution in [0.4, 0.5) is 0 Å². The molecular formula is C20H24N2O2. The van der Waals surface area contributed by atoms with Crippen LogP contribution in [0.15, 0.2) is 54.6 Å². The summed E-state index contributed by atoms with van der Waals surface area (Å²) >= 11 is 0. The molecule has 2 unspecified atom stereocenters. The molecule has 126 valence electrons. The zero-order valence-electron chi connectivity index (χ0n) is 13.9. The summed E-state index contributed by atoms with van der Waals surface area (Å²) in [4.78, 5) is 12.1. The van der Waals surface area contributed by atoms with E-state index in [2.05, 4.69) is 17.4 Å². The lowest BCUT2D eigenvalue weighted by atomic mass is 10.1. The third-order valence-corrected chi connectivity index (χ3v) is 4.43. The molecule has 3 atom stereocenters. The average Bonchev–Trinajstić information content (AvgIpc) is 3.42. The number of nitrogens with one attached hydrogen (secondary N) is 1. The molecule has 3 N–H and O–H groups in total. The predicted octanol–water partition coefficient (Wildman–Crippen LogP) is 2.83. The Morgan fingerprint density at radius 2 is 1.92 bits per heavy atom. The summed E-state index contributed by atoms with van der Waals surface area (Å²) < 4.78 is 5.80. The number of benzene rings is 2. The van der Waals surface area contributed by atoms with Crippen LogP contribution in [0.3, 0.4) is 0 Å². The van der Waals surface area contributed by atoms with Gasteiger partial charge in [-0.25, -0.2) is 0 Å². The van der Waals surface area contributed by atoms with Crippen molar-refractivity contribution in [2.45, 2.75) is 31.9 Å². The van der Waals surface area contributed by atoms with E-state index in [0.29, 0.717) is 19.1 Å². The summed E-state index contributed by atoms with van der Waals surface area (Å²) in [7, 11) is 0. The summed E-state index contributed by atoms with van der Waals surface area (Å²) in [6.45, 7) is 2.95. The fraction of sp³-hybridized carbons (Fsp3) is 0.350. The van der Waals surface area contributed by atoms with Crippen LogP contribution in [0, 0.1) is 5.92 Å². The molecule has 24 heavy (non-hydrogen) atoms. The summed E-state index contributed by atoms with van der Waals surface area (Å²) in [5, 5.41) is 2.95. The number of carbonyl (C=O) groups is 1. The lowest BCUT2D eigenvalue weighted by Crippen LogP contribution is -2.38. The molecule has 1 aliphatic rings. The van der Waals surface area contributed by atoms with Crippen LogP contribution in [-0.4, -0.2) is 18.5 Å². The second-order valence-electron chi connectivity index (χ2n) is 6.44. The maximum Gasteiger partial charge on any atom is 0.224 e. The van der Waals surface area contributed by atoms with Gasteiger partial charge in [0.1, 0.15) is 12.4 Å². The van der Waals surface area contributed by atoms with Gasteiger partial charge < -0.3 is 15.8 Å². The van der Waals surface area contributed by atoms with Crippen molar-refractivity contribution in [1.29, 1.82) is 0 Å².